The average molecular weight is 659 g/mol. The van der Waals surface area contributed by atoms with Crippen molar-refractivity contribution < 1.29 is 45.8 Å². The number of aromatic nitrogens is 1. The van der Waals surface area contributed by atoms with Crippen LogP contribution in [0.5, 0.6) is 5.88 Å². The van der Waals surface area contributed by atoms with E-state index in [1.54, 1.807) is 26.0 Å². The van der Waals surface area contributed by atoms with Crippen molar-refractivity contribution >= 4 is 17.6 Å². The maximum atomic E-state index is 15.3. The van der Waals surface area contributed by atoms with Crippen LogP contribution in [-0.4, -0.2) is 48.8 Å². The normalized spacial score (nSPS) is 19.6. The molecule has 1 aliphatic carbocycles. The van der Waals surface area contributed by atoms with Gasteiger partial charge in [-0.25, -0.2) is 23.4 Å². The summed E-state index contributed by atoms with van der Waals surface area (Å²) >= 11 is 0. The van der Waals surface area contributed by atoms with Gasteiger partial charge in [0.25, 0.3) is 0 Å². The highest BCUT2D eigenvalue weighted by atomic mass is 19.4. The first-order valence-corrected chi connectivity index (χ1v) is 15.0. The molecule has 1 aliphatic heterocycles. The molecule has 2 heterocycles. The highest BCUT2D eigenvalue weighted by molar-refractivity contribution is 5.90. The van der Waals surface area contributed by atoms with Crippen molar-refractivity contribution in [3.05, 3.63) is 87.6 Å². The molecule has 0 saturated carbocycles. The Balaban J connectivity index is 1.55. The third kappa shape index (κ3) is 6.68. The second-order valence-corrected chi connectivity index (χ2v) is 12.8. The maximum Gasteiger partial charge on any atom is 0.416 e. The maximum absolute atomic E-state index is 15.3. The number of rotatable bonds is 7. The molecule has 5 rings (SSSR count). The van der Waals surface area contributed by atoms with Gasteiger partial charge in [0, 0.05) is 29.4 Å². The van der Waals surface area contributed by atoms with Crippen LogP contribution in [0.2, 0.25) is 0 Å². The molecule has 1 fully saturated rings. The Labute approximate surface area is 269 Å². The van der Waals surface area contributed by atoms with Gasteiger partial charge in [0.1, 0.15) is 6.10 Å². The molecule has 2 aromatic carbocycles. The summed E-state index contributed by atoms with van der Waals surface area (Å²) in [4.78, 5) is 31.0. The van der Waals surface area contributed by atoms with Gasteiger partial charge in [0.2, 0.25) is 5.88 Å². The van der Waals surface area contributed by atoms with Crippen molar-refractivity contribution in [3.8, 4) is 17.0 Å². The Morgan fingerprint density at radius 1 is 1.09 bits per heavy atom. The van der Waals surface area contributed by atoms with E-state index in [4.69, 9.17) is 9.47 Å². The van der Waals surface area contributed by atoms with Crippen LogP contribution in [0.1, 0.15) is 78.7 Å². The highest BCUT2D eigenvalue weighted by Gasteiger charge is 2.42. The number of cyclic esters (lactones) is 1. The summed E-state index contributed by atoms with van der Waals surface area (Å²) in [6.07, 6.45) is -2.91. The molecule has 1 amide bonds. The fraction of sp³-hybridized carbons (Fsp3) is 0.400. The second-order valence-electron chi connectivity index (χ2n) is 12.8. The molecule has 0 spiro atoms. The molecule has 1 aromatic heterocycles. The molecule has 0 N–H and O–H groups in total. The number of esters is 1. The number of amides is 1. The van der Waals surface area contributed by atoms with Crippen molar-refractivity contribution in [3.63, 3.8) is 0 Å². The summed E-state index contributed by atoms with van der Waals surface area (Å²) in [6.45, 7) is 7.60. The minimum absolute atomic E-state index is 0.122. The lowest BCUT2D eigenvalue weighted by Crippen LogP contribution is -2.35. The molecule has 1 saturated heterocycles. The molecule has 12 heteroatoms. The van der Waals surface area contributed by atoms with Gasteiger partial charge in [-0.2, -0.15) is 13.2 Å². The summed E-state index contributed by atoms with van der Waals surface area (Å²) in [5, 5.41) is 0. The van der Waals surface area contributed by atoms with Gasteiger partial charge in [-0.3, -0.25) is 4.90 Å². The molecule has 7 nitrogen and oxygen atoms in total. The molecular weight excluding hydrogens is 623 g/mol. The van der Waals surface area contributed by atoms with Gasteiger partial charge in [0.15, 0.2) is 11.6 Å². The van der Waals surface area contributed by atoms with Gasteiger partial charge in [0.05, 0.1) is 31.4 Å². The third-order valence-corrected chi connectivity index (χ3v) is 8.85. The Kier molecular flexibility index (Phi) is 9.09. The number of carbonyl (C=O) groups excluding carboxylic acids is 2. The van der Waals surface area contributed by atoms with Crippen LogP contribution in [0.15, 0.2) is 48.2 Å². The monoisotopic (exact) mass is 658 g/mol. The van der Waals surface area contributed by atoms with Crippen molar-refractivity contribution in [2.75, 3.05) is 20.8 Å². The molecule has 47 heavy (non-hydrogen) atoms. The third-order valence-electron chi connectivity index (χ3n) is 8.85. The van der Waals surface area contributed by atoms with E-state index in [1.807, 2.05) is 0 Å². The number of methoxy groups -OCH3 is 2. The van der Waals surface area contributed by atoms with Gasteiger partial charge in [-0.1, -0.05) is 31.5 Å². The van der Waals surface area contributed by atoms with Crippen molar-refractivity contribution in [1.82, 2.24) is 9.88 Å². The number of hydrogen-bond acceptors (Lipinski definition) is 6. The van der Waals surface area contributed by atoms with Crippen molar-refractivity contribution in [2.45, 2.75) is 65.3 Å². The van der Waals surface area contributed by atoms with Gasteiger partial charge < -0.3 is 14.2 Å². The lowest BCUT2D eigenvalue weighted by Gasteiger charge is -2.35. The van der Waals surface area contributed by atoms with E-state index in [0.717, 1.165) is 42.9 Å². The number of hydrogen-bond donors (Lipinski definition) is 0. The van der Waals surface area contributed by atoms with Crippen LogP contribution in [0.25, 0.3) is 16.7 Å². The smallest absolute Gasteiger partial charge is 0.416 e. The molecule has 0 unspecified atom stereocenters. The fourth-order valence-corrected chi connectivity index (χ4v) is 6.41. The molecule has 0 radical (unpaired) electrons. The number of allylic oxidation sites excluding steroid dienone is 1. The van der Waals surface area contributed by atoms with Gasteiger partial charge >= 0.3 is 18.2 Å². The minimum atomic E-state index is -4.56. The molecule has 0 bridgehead atoms. The lowest BCUT2D eigenvalue weighted by atomic mass is 9.72. The second kappa shape index (κ2) is 12.6. The van der Waals surface area contributed by atoms with Crippen molar-refractivity contribution in [2.24, 2.45) is 5.41 Å². The SMILES string of the molecule is COC(=O)c1ccc(-c2cnc(OC)c(C3=C(CN4C(=O)O[C@H](c5cc(C)cc(C(F)(F)F)c5)[C@@H]4C)CC(C)(C)CC3)c2)c(F)c1F. The number of ether oxygens (including phenoxy) is 3. The molecule has 3 aromatic rings. The van der Waals surface area contributed by atoms with E-state index in [9.17, 15) is 27.2 Å². The number of alkyl halides is 3. The molecule has 250 valence electrons. The Hall–Kier alpha value is -4.48. The van der Waals surface area contributed by atoms with Crippen LogP contribution in [0.3, 0.4) is 0 Å². The first kappa shape index (κ1) is 33.9. The zero-order valence-electron chi connectivity index (χ0n) is 26.9. The zero-order chi connectivity index (χ0) is 34.4. The van der Waals surface area contributed by atoms with Gasteiger partial charge in [-0.15, -0.1) is 0 Å². The number of pyridine rings is 1. The molecular formula is C35H35F5N2O5. The Bertz CT molecular complexity index is 1770. The quantitative estimate of drug-likeness (QED) is 0.187. The van der Waals surface area contributed by atoms with Crippen molar-refractivity contribution in [1.29, 1.82) is 0 Å². The lowest BCUT2D eigenvalue weighted by molar-refractivity contribution is -0.137. The van der Waals surface area contributed by atoms with Crippen LogP contribution in [0, 0.1) is 24.0 Å². The molecule has 2 aliphatic rings. The van der Waals surface area contributed by atoms with Crippen LogP contribution < -0.4 is 4.74 Å². The van der Waals surface area contributed by atoms with E-state index in [-0.39, 0.29) is 34.5 Å². The summed E-state index contributed by atoms with van der Waals surface area (Å²) in [7, 11) is 2.50. The van der Waals surface area contributed by atoms with Gasteiger partial charge in [-0.05, 0) is 79.5 Å². The van der Waals surface area contributed by atoms with E-state index in [1.165, 1.54) is 24.3 Å². The Morgan fingerprint density at radius 2 is 1.81 bits per heavy atom. The first-order chi connectivity index (χ1) is 22.0. The topological polar surface area (TPSA) is 78.0 Å². The predicted molar refractivity (Wildman–Crippen MR) is 164 cm³/mol. The number of nitrogens with zero attached hydrogens (tertiary/aromatic N) is 2. The van der Waals surface area contributed by atoms with E-state index in [2.05, 4.69) is 23.6 Å². The number of halogens is 5. The number of aryl methyl sites for hydroxylation is 1. The van der Waals surface area contributed by atoms with E-state index >= 15 is 4.39 Å². The Morgan fingerprint density at radius 3 is 2.47 bits per heavy atom. The standard InChI is InChI=1S/C35H35F5N2O5/c1-18-11-20(13-23(12-18)35(38,39)40)30-19(2)42(33(44)47-30)17-22-15-34(3,4)10-9-24(22)27-14-21(16-41-31(27)45-5)25-7-8-26(32(43)46-6)29(37)28(25)36/h7-8,11-14,16,19,30H,9-10,15,17H2,1-6H3/t19-,30-/m0/s1. The molecule has 2 atom stereocenters. The first-order valence-electron chi connectivity index (χ1n) is 15.0. The predicted octanol–water partition coefficient (Wildman–Crippen LogP) is 8.69. The summed E-state index contributed by atoms with van der Waals surface area (Å²) in [5.41, 5.74) is 1.44. The van der Waals surface area contributed by atoms with E-state index in [0.29, 0.717) is 24.0 Å². The van der Waals surface area contributed by atoms with Crippen LogP contribution in [-0.2, 0) is 15.7 Å². The number of carbonyl (C=O) groups is 2. The zero-order valence-corrected chi connectivity index (χ0v) is 26.9. The summed E-state index contributed by atoms with van der Waals surface area (Å²) in [5.74, 6) is -3.36. The highest BCUT2D eigenvalue weighted by Crippen LogP contribution is 2.46. The largest absolute Gasteiger partial charge is 0.481 e. The minimum Gasteiger partial charge on any atom is -0.481 e. The summed E-state index contributed by atoms with van der Waals surface area (Å²) in [6, 6.07) is 7.10. The average Bonchev–Trinajstić information content (AvgIpc) is 3.29. The van der Waals surface area contributed by atoms with E-state index < -0.39 is 53.1 Å². The number of benzene rings is 2. The summed E-state index contributed by atoms with van der Waals surface area (Å²) < 4.78 is 86.6. The van der Waals surface area contributed by atoms with Crippen LogP contribution in [0.4, 0.5) is 26.7 Å². The fourth-order valence-electron chi connectivity index (χ4n) is 6.41. The van der Waals surface area contributed by atoms with Crippen LogP contribution >= 0.6 is 0 Å².